The van der Waals surface area contributed by atoms with Crippen molar-refractivity contribution in [3.8, 4) is 0 Å². The van der Waals surface area contributed by atoms with E-state index in [1.165, 1.54) is 0 Å². The van der Waals surface area contributed by atoms with Gasteiger partial charge < -0.3 is 19.7 Å². The largest absolute Gasteiger partial charge is 0.478 e. The number of anilines is 1. The molecule has 1 spiro atoms. The highest BCUT2D eigenvalue weighted by Gasteiger charge is 2.45. The fraction of sp³-hybridized carbons (Fsp3) is 0.556. The van der Waals surface area contributed by atoms with Crippen LogP contribution in [0.2, 0.25) is 0 Å². The Morgan fingerprint density at radius 2 is 2.12 bits per heavy atom. The highest BCUT2D eigenvalue weighted by Crippen LogP contribution is 2.45. The van der Waals surface area contributed by atoms with Gasteiger partial charge in [0, 0.05) is 25.6 Å². The first-order valence-corrected chi connectivity index (χ1v) is 8.63. The lowest BCUT2D eigenvalue weighted by Crippen LogP contribution is -2.48. The number of rotatable bonds is 2. The van der Waals surface area contributed by atoms with Crippen molar-refractivity contribution in [3.63, 3.8) is 0 Å². The first kappa shape index (κ1) is 15.4. The summed E-state index contributed by atoms with van der Waals surface area (Å²) in [6.45, 7) is 1.76. The minimum atomic E-state index is -0.935. The molecule has 1 aliphatic heterocycles. The SMILES string of the molecule is Cn1c(N2CCC[C@@]3(CCCC3O)C2)nc2cc(C(=O)O)ccc21. The monoisotopic (exact) mass is 329 g/mol. The molecule has 0 radical (unpaired) electrons. The number of benzene rings is 1. The summed E-state index contributed by atoms with van der Waals surface area (Å²) in [7, 11) is 1.97. The first-order valence-electron chi connectivity index (χ1n) is 8.63. The molecule has 2 N–H and O–H groups in total. The van der Waals surface area contributed by atoms with Gasteiger partial charge in [-0.25, -0.2) is 9.78 Å². The van der Waals surface area contributed by atoms with E-state index in [1.54, 1.807) is 12.1 Å². The van der Waals surface area contributed by atoms with Crippen molar-refractivity contribution < 1.29 is 15.0 Å². The summed E-state index contributed by atoms with van der Waals surface area (Å²) in [5, 5.41) is 19.6. The van der Waals surface area contributed by atoms with Crippen LogP contribution in [0.25, 0.3) is 11.0 Å². The zero-order valence-corrected chi connectivity index (χ0v) is 13.9. The van der Waals surface area contributed by atoms with E-state index in [0.29, 0.717) is 5.52 Å². The zero-order chi connectivity index (χ0) is 16.9. The molecule has 1 aromatic carbocycles. The Hall–Kier alpha value is -2.08. The van der Waals surface area contributed by atoms with Gasteiger partial charge in [0.15, 0.2) is 0 Å². The van der Waals surface area contributed by atoms with Crippen LogP contribution >= 0.6 is 0 Å². The molecule has 1 aromatic heterocycles. The lowest BCUT2D eigenvalue weighted by atomic mass is 9.77. The number of imidazole rings is 1. The average molecular weight is 329 g/mol. The van der Waals surface area contributed by atoms with Crippen molar-refractivity contribution >= 4 is 23.0 Å². The molecular formula is C18H23N3O3. The maximum absolute atomic E-state index is 11.2. The van der Waals surface area contributed by atoms with E-state index < -0.39 is 5.97 Å². The van der Waals surface area contributed by atoms with Crippen LogP contribution in [0, 0.1) is 5.41 Å². The molecule has 0 amide bonds. The number of fused-ring (bicyclic) bond motifs is 1. The van der Waals surface area contributed by atoms with Gasteiger partial charge in [0.25, 0.3) is 0 Å². The van der Waals surface area contributed by atoms with E-state index in [2.05, 4.69) is 4.90 Å². The molecule has 1 saturated carbocycles. The highest BCUT2D eigenvalue weighted by molar-refractivity contribution is 5.93. The number of aromatic nitrogens is 2. The number of hydrogen-bond acceptors (Lipinski definition) is 4. The van der Waals surface area contributed by atoms with Gasteiger partial charge >= 0.3 is 5.97 Å². The standard InChI is InChI=1S/C18H23N3O3/c1-20-14-6-5-12(16(23)24)10-13(14)19-17(20)21-9-3-8-18(11-21)7-2-4-15(18)22/h5-6,10,15,22H,2-4,7-9,11H2,1H3,(H,23,24)/t15?,18-/m0/s1. The van der Waals surface area contributed by atoms with Gasteiger partial charge in [-0.05, 0) is 43.9 Å². The van der Waals surface area contributed by atoms with Gasteiger partial charge in [0.05, 0.1) is 22.7 Å². The van der Waals surface area contributed by atoms with Gasteiger partial charge in [-0.1, -0.05) is 6.42 Å². The Bertz CT molecular complexity index is 800. The molecule has 0 bridgehead atoms. The molecule has 2 atom stereocenters. The molecule has 2 aromatic rings. The Labute approximate surface area is 140 Å². The zero-order valence-electron chi connectivity index (χ0n) is 13.9. The van der Waals surface area contributed by atoms with Crippen LogP contribution in [-0.4, -0.2) is 44.9 Å². The number of aromatic carboxylic acids is 1. The van der Waals surface area contributed by atoms with Crippen molar-refractivity contribution in [1.82, 2.24) is 9.55 Å². The topological polar surface area (TPSA) is 78.6 Å². The number of nitrogens with zero attached hydrogens (tertiary/aromatic N) is 3. The maximum Gasteiger partial charge on any atom is 0.335 e. The van der Waals surface area contributed by atoms with Crippen LogP contribution in [-0.2, 0) is 7.05 Å². The Morgan fingerprint density at radius 3 is 2.83 bits per heavy atom. The Balaban J connectivity index is 1.70. The molecule has 2 fully saturated rings. The van der Waals surface area contributed by atoms with Gasteiger partial charge in [0.2, 0.25) is 5.95 Å². The van der Waals surface area contributed by atoms with Crippen molar-refractivity contribution in [1.29, 1.82) is 0 Å². The fourth-order valence-electron chi connectivity index (χ4n) is 4.53. The molecule has 2 aliphatic rings. The number of hydrogen-bond donors (Lipinski definition) is 2. The van der Waals surface area contributed by atoms with Crippen molar-refractivity contribution in [2.45, 2.75) is 38.2 Å². The summed E-state index contributed by atoms with van der Waals surface area (Å²) in [6, 6.07) is 5.07. The van der Waals surface area contributed by atoms with Crippen molar-refractivity contribution in [3.05, 3.63) is 23.8 Å². The van der Waals surface area contributed by atoms with Gasteiger partial charge in [0.1, 0.15) is 0 Å². The first-order chi connectivity index (χ1) is 11.5. The second-order valence-electron chi connectivity index (χ2n) is 7.27. The fourth-order valence-corrected chi connectivity index (χ4v) is 4.53. The van der Waals surface area contributed by atoms with E-state index in [9.17, 15) is 9.90 Å². The minimum absolute atomic E-state index is 0.00259. The van der Waals surface area contributed by atoms with E-state index in [1.807, 2.05) is 17.7 Å². The molecule has 24 heavy (non-hydrogen) atoms. The molecule has 1 saturated heterocycles. The Kier molecular flexibility index (Phi) is 3.53. The lowest BCUT2D eigenvalue weighted by molar-refractivity contribution is 0.0405. The number of carboxylic acid groups (broad SMARTS) is 1. The second-order valence-corrected chi connectivity index (χ2v) is 7.27. The second kappa shape index (κ2) is 5.48. The van der Waals surface area contributed by atoms with E-state index in [-0.39, 0.29) is 17.1 Å². The summed E-state index contributed by atoms with van der Waals surface area (Å²) >= 11 is 0. The average Bonchev–Trinajstić information content (AvgIpc) is 3.08. The maximum atomic E-state index is 11.2. The Morgan fingerprint density at radius 1 is 1.33 bits per heavy atom. The van der Waals surface area contributed by atoms with Crippen molar-refractivity contribution in [2.24, 2.45) is 12.5 Å². The normalized spacial score (nSPS) is 27.2. The van der Waals surface area contributed by atoms with Crippen LogP contribution in [0.5, 0.6) is 0 Å². The number of carboxylic acids is 1. The van der Waals surface area contributed by atoms with E-state index in [4.69, 9.17) is 10.1 Å². The summed E-state index contributed by atoms with van der Waals surface area (Å²) in [5.41, 5.74) is 1.90. The molecule has 6 heteroatoms. The molecule has 4 rings (SSSR count). The number of aryl methyl sites for hydroxylation is 1. The van der Waals surface area contributed by atoms with E-state index in [0.717, 1.165) is 56.7 Å². The van der Waals surface area contributed by atoms with Gasteiger partial charge in [-0.3, -0.25) is 0 Å². The quantitative estimate of drug-likeness (QED) is 0.884. The van der Waals surface area contributed by atoms with Crippen LogP contribution in [0.15, 0.2) is 18.2 Å². The molecule has 1 aliphatic carbocycles. The van der Waals surface area contributed by atoms with Crippen LogP contribution < -0.4 is 4.90 Å². The predicted octanol–water partition coefficient (Wildman–Crippen LogP) is 2.40. The van der Waals surface area contributed by atoms with Crippen LogP contribution in [0.1, 0.15) is 42.5 Å². The molecule has 6 nitrogen and oxygen atoms in total. The number of aliphatic hydroxyl groups excluding tert-OH is 1. The predicted molar refractivity (Wildman–Crippen MR) is 91.4 cm³/mol. The third kappa shape index (κ3) is 2.28. The number of aliphatic hydroxyl groups is 1. The van der Waals surface area contributed by atoms with E-state index >= 15 is 0 Å². The molecule has 1 unspecified atom stereocenters. The smallest absolute Gasteiger partial charge is 0.335 e. The summed E-state index contributed by atoms with van der Waals surface area (Å²) < 4.78 is 2.03. The van der Waals surface area contributed by atoms with Crippen LogP contribution in [0.3, 0.4) is 0 Å². The highest BCUT2D eigenvalue weighted by atomic mass is 16.4. The third-order valence-corrected chi connectivity index (χ3v) is 5.85. The van der Waals surface area contributed by atoms with Crippen molar-refractivity contribution in [2.75, 3.05) is 18.0 Å². The summed E-state index contributed by atoms with van der Waals surface area (Å²) in [5.74, 6) is -0.0687. The lowest BCUT2D eigenvalue weighted by Gasteiger charge is -2.42. The van der Waals surface area contributed by atoms with Gasteiger partial charge in [-0.15, -0.1) is 0 Å². The molecule has 128 valence electrons. The molecule has 2 heterocycles. The summed E-state index contributed by atoms with van der Waals surface area (Å²) in [6.07, 6.45) is 5.00. The van der Waals surface area contributed by atoms with Gasteiger partial charge in [-0.2, -0.15) is 0 Å². The van der Waals surface area contributed by atoms with Crippen LogP contribution in [0.4, 0.5) is 5.95 Å². The third-order valence-electron chi connectivity index (χ3n) is 5.85. The minimum Gasteiger partial charge on any atom is -0.478 e. The number of carbonyl (C=O) groups is 1. The molecular weight excluding hydrogens is 306 g/mol. The summed E-state index contributed by atoms with van der Waals surface area (Å²) in [4.78, 5) is 18.1. The number of piperidine rings is 1.